The van der Waals surface area contributed by atoms with E-state index in [1.165, 1.54) is 4.90 Å². The summed E-state index contributed by atoms with van der Waals surface area (Å²) in [7, 11) is 0. The van der Waals surface area contributed by atoms with Crippen LogP contribution in [-0.4, -0.2) is 28.7 Å². The number of rotatable bonds is 6. The molecule has 3 heteroatoms. The first kappa shape index (κ1) is 13.6. The smallest absolute Gasteiger partial charge is 0.0621 e. The Morgan fingerprint density at radius 1 is 1.12 bits per heavy atom. The summed E-state index contributed by atoms with van der Waals surface area (Å²) in [5.41, 5.74) is 0. The molecule has 2 nitrogen and oxygen atoms in total. The van der Waals surface area contributed by atoms with Crippen LogP contribution in [0.1, 0.15) is 13.8 Å². The predicted octanol–water partition coefficient (Wildman–Crippen LogP) is 2.40. The van der Waals surface area contributed by atoms with Gasteiger partial charge in [0, 0.05) is 23.2 Å². The molecule has 0 heterocycles. The van der Waals surface area contributed by atoms with E-state index in [1.807, 2.05) is 32.0 Å². The highest BCUT2D eigenvalue weighted by Crippen LogP contribution is 2.23. The minimum Gasteiger partial charge on any atom is -0.396 e. The summed E-state index contributed by atoms with van der Waals surface area (Å²) in [5, 5.41) is 18.9. The highest BCUT2D eigenvalue weighted by atomic mass is 32.2. The first-order valence-electron chi connectivity index (χ1n) is 5.62. The van der Waals surface area contributed by atoms with Crippen LogP contribution < -0.4 is 0 Å². The second-order valence-corrected chi connectivity index (χ2v) is 5.35. The van der Waals surface area contributed by atoms with Gasteiger partial charge < -0.3 is 10.2 Å². The van der Waals surface area contributed by atoms with E-state index in [0.29, 0.717) is 0 Å². The van der Waals surface area contributed by atoms with Crippen molar-refractivity contribution >= 4 is 11.8 Å². The average molecular weight is 240 g/mol. The topological polar surface area (TPSA) is 40.5 Å². The van der Waals surface area contributed by atoms with Crippen LogP contribution in [0, 0.1) is 11.8 Å². The van der Waals surface area contributed by atoms with Crippen molar-refractivity contribution in [2.45, 2.75) is 24.8 Å². The molecule has 1 rings (SSSR count). The Morgan fingerprint density at radius 3 is 2.31 bits per heavy atom. The van der Waals surface area contributed by atoms with Crippen LogP contribution >= 0.6 is 11.8 Å². The van der Waals surface area contributed by atoms with Crippen LogP contribution in [0.5, 0.6) is 0 Å². The molecule has 0 aliphatic carbocycles. The molecule has 90 valence electrons. The summed E-state index contributed by atoms with van der Waals surface area (Å²) in [6, 6.07) is 10.2. The van der Waals surface area contributed by atoms with Crippen molar-refractivity contribution in [3.63, 3.8) is 0 Å². The summed E-state index contributed by atoms with van der Waals surface area (Å²) in [6.07, 6.45) is -0.429. The van der Waals surface area contributed by atoms with E-state index in [-0.39, 0.29) is 18.4 Å². The van der Waals surface area contributed by atoms with E-state index < -0.39 is 6.10 Å². The number of aliphatic hydroxyl groups is 2. The second kappa shape index (κ2) is 6.94. The largest absolute Gasteiger partial charge is 0.396 e. The van der Waals surface area contributed by atoms with E-state index in [0.717, 1.165) is 5.75 Å². The standard InChI is InChI=1S/C13H20O2S/c1-10(8-14)13(15)11(2)9-16-12-6-4-3-5-7-12/h3-7,10-11,13-15H,8-9H2,1-2H3/t10-,11+,13-/m1/s1. The van der Waals surface area contributed by atoms with E-state index in [2.05, 4.69) is 12.1 Å². The van der Waals surface area contributed by atoms with Crippen molar-refractivity contribution in [2.75, 3.05) is 12.4 Å². The number of benzene rings is 1. The third kappa shape index (κ3) is 4.16. The third-order valence-electron chi connectivity index (χ3n) is 2.71. The molecule has 0 aliphatic heterocycles. The first-order valence-corrected chi connectivity index (χ1v) is 6.60. The molecule has 16 heavy (non-hydrogen) atoms. The fourth-order valence-electron chi connectivity index (χ4n) is 1.51. The molecular weight excluding hydrogens is 220 g/mol. The van der Waals surface area contributed by atoms with Gasteiger partial charge in [0.1, 0.15) is 0 Å². The fourth-order valence-corrected chi connectivity index (χ4v) is 2.51. The van der Waals surface area contributed by atoms with Crippen LogP contribution in [-0.2, 0) is 0 Å². The van der Waals surface area contributed by atoms with E-state index in [1.54, 1.807) is 11.8 Å². The Bertz CT molecular complexity index is 289. The van der Waals surface area contributed by atoms with Gasteiger partial charge in [-0.05, 0) is 18.1 Å². The average Bonchev–Trinajstić information content (AvgIpc) is 2.35. The van der Waals surface area contributed by atoms with E-state index >= 15 is 0 Å². The molecule has 1 aromatic rings. The van der Waals surface area contributed by atoms with Gasteiger partial charge in [-0.2, -0.15) is 0 Å². The third-order valence-corrected chi connectivity index (χ3v) is 4.01. The lowest BCUT2D eigenvalue weighted by atomic mass is 9.96. The maximum atomic E-state index is 9.89. The van der Waals surface area contributed by atoms with Gasteiger partial charge in [0.05, 0.1) is 6.10 Å². The number of aliphatic hydroxyl groups excluding tert-OH is 2. The summed E-state index contributed by atoms with van der Waals surface area (Å²) in [6.45, 7) is 3.93. The zero-order valence-electron chi connectivity index (χ0n) is 9.84. The summed E-state index contributed by atoms with van der Waals surface area (Å²) in [5.74, 6) is 1.01. The molecular formula is C13H20O2S. The lowest BCUT2D eigenvalue weighted by Crippen LogP contribution is -2.29. The van der Waals surface area contributed by atoms with E-state index in [4.69, 9.17) is 5.11 Å². The number of thioether (sulfide) groups is 1. The molecule has 0 saturated carbocycles. The normalized spacial score (nSPS) is 16.8. The summed E-state index contributed by atoms with van der Waals surface area (Å²) in [4.78, 5) is 1.22. The molecule has 0 aliphatic rings. The molecule has 0 fully saturated rings. The van der Waals surface area contributed by atoms with Gasteiger partial charge in [-0.1, -0.05) is 32.0 Å². The summed E-state index contributed by atoms with van der Waals surface area (Å²) < 4.78 is 0. The minimum atomic E-state index is -0.429. The van der Waals surface area contributed by atoms with Gasteiger partial charge in [0.2, 0.25) is 0 Å². The Balaban J connectivity index is 2.38. The zero-order chi connectivity index (χ0) is 12.0. The number of hydrogen-bond donors (Lipinski definition) is 2. The molecule has 0 bridgehead atoms. The zero-order valence-corrected chi connectivity index (χ0v) is 10.7. The van der Waals surface area contributed by atoms with E-state index in [9.17, 15) is 5.11 Å². The Hall–Kier alpha value is -0.510. The summed E-state index contributed by atoms with van der Waals surface area (Å²) >= 11 is 1.74. The molecule has 3 atom stereocenters. The number of hydrogen-bond acceptors (Lipinski definition) is 3. The van der Waals surface area contributed by atoms with Gasteiger partial charge in [0.25, 0.3) is 0 Å². The second-order valence-electron chi connectivity index (χ2n) is 4.25. The monoisotopic (exact) mass is 240 g/mol. The quantitative estimate of drug-likeness (QED) is 0.750. The first-order chi connectivity index (χ1) is 7.65. The lowest BCUT2D eigenvalue weighted by molar-refractivity contribution is 0.0442. The molecule has 1 aromatic carbocycles. The molecule has 0 unspecified atom stereocenters. The van der Waals surface area contributed by atoms with Crippen molar-refractivity contribution in [2.24, 2.45) is 11.8 Å². The Kier molecular flexibility index (Phi) is 5.88. The SMILES string of the molecule is C[C@H](CO)[C@@H](O)[C@@H](C)CSc1ccccc1. The van der Waals surface area contributed by atoms with Crippen LogP contribution in [0.3, 0.4) is 0 Å². The molecule has 0 radical (unpaired) electrons. The molecule has 2 N–H and O–H groups in total. The van der Waals surface area contributed by atoms with Crippen LogP contribution in [0.2, 0.25) is 0 Å². The van der Waals surface area contributed by atoms with Crippen LogP contribution in [0.25, 0.3) is 0 Å². The molecule has 0 amide bonds. The van der Waals surface area contributed by atoms with Crippen molar-refractivity contribution < 1.29 is 10.2 Å². The molecule has 0 spiro atoms. The van der Waals surface area contributed by atoms with Crippen LogP contribution in [0.15, 0.2) is 35.2 Å². The van der Waals surface area contributed by atoms with Gasteiger partial charge in [0.15, 0.2) is 0 Å². The molecule has 0 saturated heterocycles. The van der Waals surface area contributed by atoms with Gasteiger partial charge in [-0.3, -0.25) is 0 Å². The predicted molar refractivity (Wildman–Crippen MR) is 68.6 cm³/mol. The van der Waals surface area contributed by atoms with Crippen molar-refractivity contribution in [3.8, 4) is 0 Å². The highest BCUT2D eigenvalue weighted by molar-refractivity contribution is 7.99. The van der Waals surface area contributed by atoms with Crippen molar-refractivity contribution in [3.05, 3.63) is 30.3 Å². The minimum absolute atomic E-state index is 0.0432. The van der Waals surface area contributed by atoms with Crippen molar-refractivity contribution in [1.29, 1.82) is 0 Å². The Labute approximate surface area is 102 Å². The lowest BCUT2D eigenvalue weighted by Gasteiger charge is -2.23. The highest BCUT2D eigenvalue weighted by Gasteiger charge is 2.20. The fraction of sp³-hybridized carbons (Fsp3) is 0.538. The molecule has 0 aromatic heterocycles. The van der Waals surface area contributed by atoms with Crippen molar-refractivity contribution in [1.82, 2.24) is 0 Å². The van der Waals surface area contributed by atoms with Crippen LogP contribution in [0.4, 0.5) is 0 Å². The maximum absolute atomic E-state index is 9.89. The maximum Gasteiger partial charge on any atom is 0.0621 e. The Morgan fingerprint density at radius 2 is 1.75 bits per heavy atom. The van der Waals surface area contributed by atoms with Gasteiger partial charge >= 0.3 is 0 Å². The van der Waals surface area contributed by atoms with Gasteiger partial charge in [-0.25, -0.2) is 0 Å². The van der Waals surface area contributed by atoms with Gasteiger partial charge in [-0.15, -0.1) is 11.8 Å².